The topological polar surface area (TPSA) is 79.9 Å². The molecule has 0 fully saturated rings. The molecule has 2 N–H and O–H groups in total. The Kier molecular flexibility index (Phi) is 11.1. The van der Waals surface area contributed by atoms with E-state index in [1.165, 1.54) is 0 Å². The van der Waals surface area contributed by atoms with Crippen molar-refractivity contribution in [3.63, 3.8) is 0 Å². The summed E-state index contributed by atoms with van der Waals surface area (Å²) in [5.41, 5.74) is 4.11. The fourth-order valence-electron chi connectivity index (χ4n) is 3.27. The second-order valence-electron chi connectivity index (χ2n) is 7.57. The van der Waals surface area contributed by atoms with Gasteiger partial charge in [-0.05, 0) is 37.1 Å². The molecule has 2 aromatic carbocycles. The van der Waals surface area contributed by atoms with Crippen molar-refractivity contribution in [1.29, 1.82) is 0 Å². The Balaban J connectivity index is 2.01. The number of rotatable bonds is 13. The quantitative estimate of drug-likeness (QED) is 0.328. The van der Waals surface area contributed by atoms with Crippen LogP contribution in [0.5, 0.6) is 5.75 Å². The maximum atomic E-state index is 12.9. The Morgan fingerprint density at radius 1 is 0.969 bits per heavy atom. The number of carbonyl (C=O) groups is 2. The van der Waals surface area contributed by atoms with Crippen LogP contribution < -0.4 is 15.5 Å². The number of nitrogens with one attached hydrogen (secondary N) is 2. The number of para-hydroxylation sites is 2. The fraction of sp³-hybridized carbons (Fsp3) is 0.440. The SMILES string of the molecule is CCCCCCN(CC(CC)OC(=O)Nc1ccccc1)NC(=O)c1ccccc1OC. The molecule has 2 amide bonds. The van der Waals surface area contributed by atoms with Crippen molar-refractivity contribution in [2.24, 2.45) is 0 Å². The highest BCUT2D eigenvalue weighted by Crippen LogP contribution is 2.17. The van der Waals surface area contributed by atoms with Gasteiger partial charge in [-0.1, -0.05) is 63.4 Å². The van der Waals surface area contributed by atoms with Crippen molar-refractivity contribution in [1.82, 2.24) is 10.4 Å². The van der Waals surface area contributed by atoms with Gasteiger partial charge in [0.1, 0.15) is 11.9 Å². The van der Waals surface area contributed by atoms with Crippen LogP contribution in [0.3, 0.4) is 0 Å². The number of hydrazine groups is 1. The summed E-state index contributed by atoms with van der Waals surface area (Å²) in [4.78, 5) is 25.2. The van der Waals surface area contributed by atoms with Gasteiger partial charge in [0, 0.05) is 12.2 Å². The van der Waals surface area contributed by atoms with Gasteiger partial charge in [-0.15, -0.1) is 0 Å². The molecule has 0 spiro atoms. The average molecular weight is 442 g/mol. The number of amides is 2. The van der Waals surface area contributed by atoms with Crippen molar-refractivity contribution >= 4 is 17.7 Å². The zero-order chi connectivity index (χ0) is 23.2. The molecule has 0 aliphatic rings. The van der Waals surface area contributed by atoms with Crippen molar-refractivity contribution in [2.45, 2.75) is 52.1 Å². The minimum atomic E-state index is -0.509. The molecule has 0 bridgehead atoms. The lowest BCUT2D eigenvalue weighted by atomic mass is 10.2. The molecule has 2 aromatic rings. The number of hydrogen-bond donors (Lipinski definition) is 2. The second kappa shape index (κ2) is 14.1. The Bertz CT molecular complexity index is 829. The normalized spacial score (nSPS) is 11.6. The number of methoxy groups -OCH3 is 1. The Hall–Kier alpha value is -3.06. The van der Waals surface area contributed by atoms with E-state index in [1.54, 1.807) is 37.4 Å². The lowest BCUT2D eigenvalue weighted by Gasteiger charge is -2.27. The number of anilines is 1. The van der Waals surface area contributed by atoms with Gasteiger partial charge < -0.3 is 9.47 Å². The molecule has 0 saturated carbocycles. The standard InChI is InChI=1S/C25H35N3O4/c1-4-6-7-13-18-28(27-24(29)22-16-11-12-17-23(22)31-3)19-21(5-2)32-25(30)26-20-14-9-8-10-15-20/h8-12,14-17,21H,4-7,13,18-19H2,1-3H3,(H,26,30)(H,27,29). The van der Waals surface area contributed by atoms with Crippen LogP contribution in [0.15, 0.2) is 54.6 Å². The van der Waals surface area contributed by atoms with Gasteiger partial charge in [0.05, 0.1) is 19.2 Å². The fourth-order valence-corrected chi connectivity index (χ4v) is 3.27. The van der Waals surface area contributed by atoms with E-state index in [-0.39, 0.29) is 12.0 Å². The second-order valence-corrected chi connectivity index (χ2v) is 7.57. The molecule has 7 heteroatoms. The maximum Gasteiger partial charge on any atom is 0.411 e. The Morgan fingerprint density at radius 3 is 2.38 bits per heavy atom. The molecule has 0 aliphatic heterocycles. The summed E-state index contributed by atoms with van der Waals surface area (Å²) in [5, 5.41) is 4.58. The first-order valence-electron chi connectivity index (χ1n) is 11.3. The molecule has 174 valence electrons. The molecular formula is C25H35N3O4. The van der Waals surface area contributed by atoms with Crippen LogP contribution in [0.2, 0.25) is 0 Å². The van der Waals surface area contributed by atoms with Gasteiger partial charge in [0.25, 0.3) is 5.91 Å². The third kappa shape index (κ3) is 8.59. The predicted molar refractivity (Wildman–Crippen MR) is 127 cm³/mol. The van der Waals surface area contributed by atoms with Crippen LogP contribution in [0.25, 0.3) is 0 Å². The molecule has 1 unspecified atom stereocenters. The molecular weight excluding hydrogens is 406 g/mol. The average Bonchev–Trinajstić information content (AvgIpc) is 2.81. The van der Waals surface area contributed by atoms with E-state index in [1.807, 2.05) is 36.2 Å². The molecule has 2 rings (SSSR count). The lowest BCUT2D eigenvalue weighted by molar-refractivity contribution is 0.0497. The number of carbonyl (C=O) groups excluding carboxylic acids is 2. The van der Waals surface area contributed by atoms with E-state index >= 15 is 0 Å². The first-order valence-corrected chi connectivity index (χ1v) is 11.3. The number of benzene rings is 2. The minimum absolute atomic E-state index is 0.249. The van der Waals surface area contributed by atoms with Gasteiger partial charge in [-0.2, -0.15) is 0 Å². The molecule has 7 nitrogen and oxygen atoms in total. The van der Waals surface area contributed by atoms with Gasteiger partial charge in [0.2, 0.25) is 0 Å². The Labute approximate surface area is 191 Å². The molecule has 1 atom stereocenters. The van der Waals surface area contributed by atoms with Crippen LogP contribution in [0, 0.1) is 0 Å². The van der Waals surface area contributed by atoms with Crippen LogP contribution in [0.1, 0.15) is 56.3 Å². The summed E-state index contributed by atoms with van der Waals surface area (Å²) in [7, 11) is 1.54. The molecule has 0 aromatic heterocycles. The number of unbranched alkanes of at least 4 members (excludes halogenated alkanes) is 3. The summed E-state index contributed by atoms with van der Waals surface area (Å²) in [6, 6.07) is 16.3. The van der Waals surface area contributed by atoms with Crippen molar-refractivity contribution in [3.05, 3.63) is 60.2 Å². The third-order valence-electron chi connectivity index (χ3n) is 5.07. The highest BCUT2D eigenvalue weighted by molar-refractivity contribution is 5.96. The van der Waals surface area contributed by atoms with Crippen LogP contribution in [-0.4, -0.2) is 43.3 Å². The molecule has 0 aliphatic carbocycles. The zero-order valence-electron chi connectivity index (χ0n) is 19.3. The van der Waals surface area contributed by atoms with E-state index in [2.05, 4.69) is 17.7 Å². The maximum absolute atomic E-state index is 12.9. The van der Waals surface area contributed by atoms with Crippen LogP contribution in [0.4, 0.5) is 10.5 Å². The molecule has 32 heavy (non-hydrogen) atoms. The Morgan fingerprint density at radius 2 is 1.69 bits per heavy atom. The summed E-state index contributed by atoms with van der Waals surface area (Å²) in [6.45, 7) is 5.18. The lowest BCUT2D eigenvalue weighted by Crippen LogP contribution is -2.47. The van der Waals surface area contributed by atoms with Crippen LogP contribution >= 0.6 is 0 Å². The largest absolute Gasteiger partial charge is 0.496 e. The van der Waals surface area contributed by atoms with Crippen molar-refractivity contribution in [2.75, 3.05) is 25.5 Å². The summed E-state index contributed by atoms with van der Waals surface area (Å²) in [5.74, 6) is 0.267. The highest BCUT2D eigenvalue weighted by atomic mass is 16.6. The van der Waals surface area contributed by atoms with Gasteiger partial charge >= 0.3 is 6.09 Å². The summed E-state index contributed by atoms with van der Waals surface area (Å²) in [6.07, 6.45) is 4.03. The van der Waals surface area contributed by atoms with E-state index in [0.29, 0.717) is 36.5 Å². The predicted octanol–water partition coefficient (Wildman–Crippen LogP) is 5.25. The van der Waals surface area contributed by atoms with E-state index in [4.69, 9.17) is 9.47 Å². The van der Waals surface area contributed by atoms with E-state index < -0.39 is 6.09 Å². The van der Waals surface area contributed by atoms with E-state index in [9.17, 15) is 9.59 Å². The van der Waals surface area contributed by atoms with Gasteiger partial charge in [-0.3, -0.25) is 15.5 Å². The minimum Gasteiger partial charge on any atom is -0.496 e. The van der Waals surface area contributed by atoms with Crippen LogP contribution in [-0.2, 0) is 4.74 Å². The third-order valence-corrected chi connectivity index (χ3v) is 5.07. The number of nitrogens with zero attached hydrogens (tertiary/aromatic N) is 1. The number of ether oxygens (including phenoxy) is 2. The first-order chi connectivity index (χ1) is 15.6. The first kappa shape index (κ1) is 25.2. The number of hydrogen-bond acceptors (Lipinski definition) is 5. The highest BCUT2D eigenvalue weighted by Gasteiger charge is 2.20. The summed E-state index contributed by atoms with van der Waals surface area (Å²) < 4.78 is 10.9. The van der Waals surface area contributed by atoms with Gasteiger partial charge in [-0.25, -0.2) is 9.80 Å². The smallest absolute Gasteiger partial charge is 0.411 e. The summed E-state index contributed by atoms with van der Waals surface area (Å²) >= 11 is 0. The molecule has 0 heterocycles. The van der Waals surface area contributed by atoms with Crippen molar-refractivity contribution < 1.29 is 19.1 Å². The zero-order valence-corrected chi connectivity index (χ0v) is 19.3. The monoisotopic (exact) mass is 441 g/mol. The van der Waals surface area contributed by atoms with E-state index in [0.717, 1.165) is 25.7 Å². The van der Waals surface area contributed by atoms with Crippen molar-refractivity contribution in [3.8, 4) is 5.75 Å². The molecule has 0 radical (unpaired) electrons. The molecule has 0 saturated heterocycles. The van der Waals surface area contributed by atoms with Gasteiger partial charge in [0.15, 0.2) is 0 Å².